The Balaban J connectivity index is 1.37. The molecule has 0 aliphatic carbocycles. The summed E-state index contributed by atoms with van der Waals surface area (Å²) < 4.78 is 50.1. The Kier molecular flexibility index (Phi) is 8.36. The molecule has 200 valence electrons. The summed E-state index contributed by atoms with van der Waals surface area (Å²) in [6.07, 6.45) is -3.38. The minimum Gasteiger partial charge on any atom is -0.493 e. The molecule has 0 heterocycles. The first kappa shape index (κ1) is 27.5. The zero-order valence-corrected chi connectivity index (χ0v) is 21.1. The number of benzene rings is 4. The maximum atomic E-state index is 12.9. The lowest BCUT2D eigenvalue weighted by molar-refractivity contribution is -0.137. The summed E-state index contributed by atoms with van der Waals surface area (Å²) in [7, 11) is 1.48. The van der Waals surface area contributed by atoms with E-state index in [1.165, 1.54) is 13.3 Å². The highest BCUT2D eigenvalue weighted by Crippen LogP contribution is 2.34. The van der Waals surface area contributed by atoms with Crippen LogP contribution in [0.2, 0.25) is 5.02 Å². The Morgan fingerprint density at radius 2 is 1.72 bits per heavy atom. The van der Waals surface area contributed by atoms with Gasteiger partial charge in [-0.2, -0.15) is 18.3 Å². The summed E-state index contributed by atoms with van der Waals surface area (Å²) in [6, 6.07) is 21.3. The van der Waals surface area contributed by atoms with Crippen molar-refractivity contribution in [2.24, 2.45) is 5.10 Å². The van der Waals surface area contributed by atoms with Crippen LogP contribution in [0.4, 0.5) is 18.9 Å². The molecule has 2 N–H and O–H groups in total. The van der Waals surface area contributed by atoms with Gasteiger partial charge in [0, 0.05) is 0 Å². The van der Waals surface area contributed by atoms with Crippen molar-refractivity contribution in [3.05, 3.63) is 101 Å². The van der Waals surface area contributed by atoms with E-state index < -0.39 is 23.6 Å². The van der Waals surface area contributed by atoms with Crippen LogP contribution in [0, 0.1) is 0 Å². The molecule has 0 saturated heterocycles. The molecule has 7 nitrogen and oxygen atoms in total. The minimum atomic E-state index is -4.64. The quantitative estimate of drug-likeness (QED) is 0.162. The van der Waals surface area contributed by atoms with E-state index in [0.717, 1.165) is 28.5 Å². The van der Waals surface area contributed by atoms with Crippen molar-refractivity contribution in [2.45, 2.75) is 12.8 Å². The number of amides is 2. The molecule has 4 aromatic rings. The molecule has 0 atom stereocenters. The molecule has 4 rings (SSSR count). The summed E-state index contributed by atoms with van der Waals surface area (Å²) in [5.74, 6) is -1.55. The van der Waals surface area contributed by atoms with E-state index in [2.05, 4.69) is 5.10 Å². The number of rotatable bonds is 7. The number of anilines is 1. The van der Waals surface area contributed by atoms with Gasteiger partial charge in [0.2, 0.25) is 0 Å². The molecule has 0 unspecified atom stereocenters. The number of methoxy groups -OCH3 is 1. The van der Waals surface area contributed by atoms with Crippen LogP contribution < -0.4 is 20.2 Å². The van der Waals surface area contributed by atoms with E-state index in [9.17, 15) is 22.8 Å². The third kappa shape index (κ3) is 6.85. The van der Waals surface area contributed by atoms with Gasteiger partial charge in [-0.3, -0.25) is 9.59 Å². The number of carbonyl (C=O) groups excluding carboxylic acids is 2. The smallest absolute Gasteiger partial charge is 0.416 e. The first-order valence-corrected chi connectivity index (χ1v) is 11.8. The fourth-order valence-electron chi connectivity index (χ4n) is 3.65. The first-order valence-electron chi connectivity index (χ1n) is 11.4. The molecule has 39 heavy (non-hydrogen) atoms. The molecule has 0 bridgehead atoms. The molecule has 4 aromatic carbocycles. The number of halogens is 4. The molecule has 0 aromatic heterocycles. The number of hydrazone groups is 1. The molecule has 0 radical (unpaired) electrons. The maximum absolute atomic E-state index is 12.9. The van der Waals surface area contributed by atoms with E-state index in [1.807, 2.05) is 53.2 Å². The minimum absolute atomic E-state index is 0.164. The van der Waals surface area contributed by atoms with Crippen molar-refractivity contribution in [1.29, 1.82) is 0 Å². The van der Waals surface area contributed by atoms with Gasteiger partial charge in [0.05, 0.1) is 29.6 Å². The zero-order chi connectivity index (χ0) is 28.0. The van der Waals surface area contributed by atoms with Gasteiger partial charge in [-0.1, -0.05) is 54.1 Å². The van der Waals surface area contributed by atoms with Gasteiger partial charge in [0.1, 0.15) is 6.61 Å². The Morgan fingerprint density at radius 1 is 0.949 bits per heavy atom. The van der Waals surface area contributed by atoms with E-state index in [0.29, 0.717) is 29.7 Å². The second-order valence-corrected chi connectivity index (χ2v) is 8.59. The van der Waals surface area contributed by atoms with Gasteiger partial charge in [-0.15, -0.1) is 0 Å². The Labute approximate surface area is 226 Å². The largest absolute Gasteiger partial charge is 0.493 e. The number of nitrogens with one attached hydrogen (secondary N) is 2. The van der Waals surface area contributed by atoms with Gasteiger partial charge in [0.15, 0.2) is 11.5 Å². The standard InChI is InChI=1S/C28H21ClF3N3O4/c1-38-25-13-17(9-12-24(25)39-16-19-7-4-6-18-5-2-3-8-21(18)19)15-33-35-27(37)26(36)34-23-14-20(28(30,31)32)10-11-22(23)29/h2-15H,16H2,1H3,(H,34,36)(H,35,37)/b33-15+. The van der Waals surface area contributed by atoms with Crippen molar-refractivity contribution >= 4 is 46.1 Å². The van der Waals surface area contributed by atoms with Crippen molar-refractivity contribution in [1.82, 2.24) is 5.43 Å². The van der Waals surface area contributed by atoms with Crippen molar-refractivity contribution < 1.29 is 32.2 Å². The molecule has 11 heteroatoms. The second-order valence-electron chi connectivity index (χ2n) is 8.18. The van der Waals surface area contributed by atoms with Crippen LogP contribution in [0.1, 0.15) is 16.7 Å². The summed E-state index contributed by atoms with van der Waals surface area (Å²) in [5, 5.41) is 7.78. The number of carbonyl (C=O) groups is 2. The molecular formula is C28H21ClF3N3O4. The predicted octanol–water partition coefficient (Wildman–Crippen LogP) is 6.19. The van der Waals surface area contributed by atoms with Crippen LogP contribution >= 0.6 is 11.6 Å². The number of ether oxygens (including phenoxy) is 2. The highest BCUT2D eigenvalue weighted by Gasteiger charge is 2.31. The molecule has 0 saturated carbocycles. The molecule has 0 fully saturated rings. The number of hydrogen-bond acceptors (Lipinski definition) is 5. The van der Waals surface area contributed by atoms with E-state index in [4.69, 9.17) is 21.1 Å². The van der Waals surface area contributed by atoms with Gasteiger partial charge < -0.3 is 14.8 Å². The lowest BCUT2D eigenvalue weighted by Gasteiger charge is -2.12. The fourth-order valence-corrected chi connectivity index (χ4v) is 3.82. The Hall–Kier alpha value is -4.57. The van der Waals surface area contributed by atoms with Gasteiger partial charge in [-0.25, -0.2) is 5.43 Å². The predicted molar refractivity (Wildman–Crippen MR) is 142 cm³/mol. The maximum Gasteiger partial charge on any atom is 0.416 e. The Bertz CT molecular complexity index is 1550. The van der Waals surface area contributed by atoms with Crippen LogP contribution in [0.15, 0.2) is 84.0 Å². The van der Waals surface area contributed by atoms with E-state index in [-0.39, 0.29) is 10.7 Å². The van der Waals surface area contributed by atoms with Gasteiger partial charge >= 0.3 is 18.0 Å². The topological polar surface area (TPSA) is 89.0 Å². The van der Waals surface area contributed by atoms with Crippen molar-refractivity contribution in [3.8, 4) is 11.5 Å². The van der Waals surface area contributed by atoms with Crippen LogP contribution in [-0.2, 0) is 22.4 Å². The summed E-state index contributed by atoms with van der Waals surface area (Å²) in [4.78, 5) is 24.2. The van der Waals surface area contributed by atoms with Crippen LogP contribution in [0.25, 0.3) is 10.8 Å². The molecular weight excluding hydrogens is 535 g/mol. The van der Waals surface area contributed by atoms with Crippen molar-refractivity contribution in [3.63, 3.8) is 0 Å². The molecule has 0 aliphatic rings. The van der Waals surface area contributed by atoms with Crippen LogP contribution in [0.5, 0.6) is 11.5 Å². The summed E-state index contributed by atoms with van der Waals surface area (Å²) >= 11 is 5.84. The SMILES string of the molecule is COc1cc(/C=N/NC(=O)C(=O)Nc2cc(C(F)(F)F)ccc2Cl)ccc1OCc1cccc2ccccc12. The lowest BCUT2D eigenvalue weighted by Crippen LogP contribution is -2.32. The van der Waals surface area contributed by atoms with Gasteiger partial charge in [0.25, 0.3) is 0 Å². The molecule has 2 amide bonds. The third-order valence-electron chi connectivity index (χ3n) is 5.58. The highest BCUT2D eigenvalue weighted by atomic mass is 35.5. The number of hydrogen-bond donors (Lipinski definition) is 2. The summed E-state index contributed by atoms with van der Waals surface area (Å²) in [6.45, 7) is 0.312. The Morgan fingerprint density at radius 3 is 2.49 bits per heavy atom. The molecule has 0 aliphatic heterocycles. The number of nitrogens with zero attached hydrogens (tertiary/aromatic N) is 1. The van der Waals surface area contributed by atoms with Crippen LogP contribution in [0.3, 0.4) is 0 Å². The van der Waals surface area contributed by atoms with Crippen molar-refractivity contribution in [2.75, 3.05) is 12.4 Å². The van der Waals surface area contributed by atoms with Gasteiger partial charge in [-0.05, 0) is 58.3 Å². The third-order valence-corrected chi connectivity index (χ3v) is 5.91. The van der Waals surface area contributed by atoms with E-state index >= 15 is 0 Å². The summed E-state index contributed by atoms with van der Waals surface area (Å²) in [5.41, 5.74) is 2.15. The second kappa shape index (κ2) is 11.9. The zero-order valence-electron chi connectivity index (χ0n) is 20.4. The average Bonchev–Trinajstić information content (AvgIpc) is 2.92. The number of alkyl halides is 3. The molecule has 0 spiro atoms. The van der Waals surface area contributed by atoms with Crippen LogP contribution in [-0.4, -0.2) is 25.1 Å². The average molecular weight is 556 g/mol. The normalized spacial score (nSPS) is 11.4. The highest BCUT2D eigenvalue weighted by molar-refractivity contribution is 6.41. The van der Waals surface area contributed by atoms with E-state index in [1.54, 1.807) is 18.2 Å². The lowest BCUT2D eigenvalue weighted by atomic mass is 10.1. The monoisotopic (exact) mass is 555 g/mol. The fraction of sp³-hybridized carbons (Fsp3) is 0.107. The number of fused-ring (bicyclic) bond motifs is 1. The first-order chi connectivity index (χ1) is 18.7.